The first-order chi connectivity index (χ1) is 9.84. The molecule has 1 unspecified atom stereocenters. The van der Waals surface area contributed by atoms with Crippen LogP contribution in [0.5, 0.6) is 0 Å². The van der Waals surface area contributed by atoms with E-state index in [9.17, 15) is 0 Å². The molecule has 1 aliphatic rings. The van der Waals surface area contributed by atoms with Crippen molar-refractivity contribution >= 4 is 23.5 Å². The standard InChI is InChI=1S/C14H24ClN5O/c1-6-19(7-2)12-16-11(15)17-13(18-12)20-8-10(3)21-14(4,5)9-20/h10H,6-9H2,1-5H3. The molecule has 0 radical (unpaired) electrons. The molecule has 0 N–H and O–H groups in total. The van der Waals surface area contributed by atoms with Crippen molar-refractivity contribution in [2.24, 2.45) is 0 Å². The van der Waals surface area contributed by atoms with E-state index >= 15 is 0 Å². The number of halogens is 1. The van der Waals surface area contributed by atoms with Crippen LogP contribution in [-0.2, 0) is 4.74 Å². The van der Waals surface area contributed by atoms with Gasteiger partial charge in [-0.1, -0.05) is 0 Å². The van der Waals surface area contributed by atoms with Gasteiger partial charge in [0.15, 0.2) is 0 Å². The van der Waals surface area contributed by atoms with E-state index in [2.05, 4.69) is 59.4 Å². The Kier molecular flexibility index (Phi) is 4.88. The minimum atomic E-state index is -0.230. The molecule has 1 fully saturated rings. The van der Waals surface area contributed by atoms with E-state index in [1.807, 2.05) is 0 Å². The van der Waals surface area contributed by atoms with Crippen molar-refractivity contribution in [2.45, 2.75) is 46.3 Å². The van der Waals surface area contributed by atoms with Crippen molar-refractivity contribution in [1.29, 1.82) is 0 Å². The molecule has 2 rings (SSSR count). The van der Waals surface area contributed by atoms with Crippen molar-refractivity contribution in [2.75, 3.05) is 36.0 Å². The van der Waals surface area contributed by atoms with Crippen LogP contribution >= 0.6 is 11.6 Å². The number of anilines is 2. The lowest BCUT2D eigenvalue weighted by molar-refractivity contribution is -0.0753. The third-order valence-corrected chi connectivity index (χ3v) is 3.65. The quantitative estimate of drug-likeness (QED) is 0.850. The van der Waals surface area contributed by atoms with E-state index in [0.717, 1.165) is 26.2 Å². The summed E-state index contributed by atoms with van der Waals surface area (Å²) in [6, 6.07) is 0. The fourth-order valence-corrected chi connectivity index (χ4v) is 2.88. The van der Waals surface area contributed by atoms with Gasteiger partial charge in [0.25, 0.3) is 0 Å². The van der Waals surface area contributed by atoms with Crippen molar-refractivity contribution < 1.29 is 4.74 Å². The molecule has 118 valence electrons. The maximum atomic E-state index is 6.09. The van der Waals surface area contributed by atoms with Crippen molar-refractivity contribution in [3.05, 3.63) is 5.28 Å². The topological polar surface area (TPSA) is 54.4 Å². The summed E-state index contributed by atoms with van der Waals surface area (Å²) >= 11 is 6.09. The largest absolute Gasteiger partial charge is 0.369 e. The van der Waals surface area contributed by atoms with Gasteiger partial charge in [-0.05, 0) is 46.2 Å². The Hall–Kier alpha value is -1.14. The maximum Gasteiger partial charge on any atom is 0.231 e. The number of hydrogen-bond donors (Lipinski definition) is 0. The minimum absolute atomic E-state index is 0.126. The molecular weight excluding hydrogens is 290 g/mol. The van der Waals surface area contributed by atoms with Gasteiger partial charge in [-0.15, -0.1) is 0 Å². The highest BCUT2D eigenvalue weighted by atomic mass is 35.5. The average Bonchev–Trinajstić information content (AvgIpc) is 2.37. The molecule has 7 heteroatoms. The smallest absolute Gasteiger partial charge is 0.231 e. The van der Waals surface area contributed by atoms with Crippen LogP contribution in [0.1, 0.15) is 34.6 Å². The Bertz CT molecular complexity index is 492. The van der Waals surface area contributed by atoms with E-state index in [1.165, 1.54) is 0 Å². The Labute approximate surface area is 131 Å². The maximum absolute atomic E-state index is 6.09. The minimum Gasteiger partial charge on any atom is -0.369 e. The lowest BCUT2D eigenvalue weighted by Gasteiger charge is -2.41. The van der Waals surface area contributed by atoms with Crippen LogP contribution in [0.25, 0.3) is 0 Å². The van der Waals surface area contributed by atoms with Crippen molar-refractivity contribution in [3.63, 3.8) is 0 Å². The summed E-state index contributed by atoms with van der Waals surface area (Å²) in [6.45, 7) is 13.5. The van der Waals surface area contributed by atoms with Gasteiger partial charge in [-0.3, -0.25) is 0 Å². The Morgan fingerprint density at radius 1 is 1.29 bits per heavy atom. The second-order valence-corrected chi connectivity index (χ2v) is 6.28. The number of ether oxygens (including phenoxy) is 1. The Morgan fingerprint density at radius 3 is 2.52 bits per heavy atom. The van der Waals surface area contributed by atoms with Gasteiger partial charge >= 0.3 is 0 Å². The van der Waals surface area contributed by atoms with Crippen molar-refractivity contribution in [1.82, 2.24) is 15.0 Å². The van der Waals surface area contributed by atoms with Crippen LogP contribution in [0.3, 0.4) is 0 Å². The molecule has 21 heavy (non-hydrogen) atoms. The molecular formula is C14H24ClN5O. The summed E-state index contributed by atoms with van der Waals surface area (Å²) in [5.41, 5.74) is -0.230. The molecule has 0 saturated carbocycles. The molecule has 6 nitrogen and oxygen atoms in total. The third-order valence-electron chi connectivity index (χ3n) is 3.48. The molecule has 1 aromatic heterocycles. The van der Waals surface area contributed by atoms with Crippen LogP contribution < -0.4 is 9.80 Å². The fourth-order valence-electron chi connectivity index (χ4n) is 2.72. The zero-order chi connectivity index (χ0) is 15.6. The van der Waals surface area contributed by atoms with Gasteiger partial charge in [0.2, 0.25) is 17.2 Å². The summed E-state index contributed by atoms with van der Waals surface area (Å²) in [5, 5.41) is 0.235. The van der Waals surface area contributed by atoms with Crippen LogP contribution in [0.4, 0.5) is 11.9 Å². The highest BCUT2D eigenvalue weighted by Crippen LogP contribution is 2.25. The van der Waals surface area contributed by atoms with E-state index in [0.29, 0.717) is 11.9 Å². The molecule has 0 aliphatic carbocycles. The first-order valence-electron chi connectivity index (χ1n) is 7.44. The van der Waals surface area contributed by atoms with Crippen molar-refractivity contribution in [3.8, 4) is 0 Å². The van der Waals surface area contributed by atoms with Crippen LogP contribution in [0.15, 0.2) is 0 Å². The first-order valence-corrected chi connectivity index (χ1v) is 7.81. The highest BCUT2D eigenvalue weighted by Gasteiger charge is 2.33. The molecule has 0 amide bonds. The summed E-state index contributed by atoms with van der Waals surface area (Å²) in [5.74, 6) is 1.26. The van der Waals surface area contributed by atoms with E-state index in [1.54, 1.807) is 0 Å². The van der Waals surface area contributed by atoms with Crippen LogP contribution in [-0.4, -0.2) is 52.8 Å². The van der Waals surface area contributed by atoms with Crippen LogP contribution in [0, 0.1) is 0 Å². The number of aromatic nitrogens is 3. The molecule has 1 atom stereocenters. The second kappa shape index (κ2) is 6.32. The predicted molar refractivity (Wildman–Crippen MR) is 85.2 cm³/mol. The SMILES string of the molecule is CCN(CC)c1nc(Cl)nc(N2CC(C)OC(C)(C)C2)n1. The normalized spacial score (nSPS) is 21.4. The summed E-state index contributed by atoms with van der Waals surface area (Å²) in [4.78, 5) is 17.3. The van der Waals surface area contributed by atoms with E-state index < -0.39 is 0 Å². The van der Waals surface area contributed by atoms with Gasteiger partial charge in [0.05, 0.1) is 11.7 Å². The van der Waals surface area contributed by atoms with Gasteiger partial charge in [0.1, 0.15) is 0 Å². The van der Waals surface area contributed by atoms with E-state index in [4.69, 9.17) is 16.3 Å². The van der Waals surface area contributed by atoms with Gasteiger partial charge < -0.3 is 14.5 Å². The third kappa shape index (κ3) is 3.95. The van der Waals surface area contributed by atoms with Gasteiger partial charge in [0, 0.05) is 26.2 Å². The zero-order valence-corrected chi connectivity index (χ0v) is 14.2. The Balaban J connectivity index is 2.31. The second-order valence-electron chi connectivity index (χ2n) is 5.95. The van der Waals surface area contributed by atoms with Gasteiger partial charge in [-0.2, -0.15) is 15.0 Å². The summed E-state index contributed by atoms with van der Waals surface area (Å²) < 4.78 is 5.92. The highest BCUT2D eigenvalue weighted by molar-refractivity contribution is 6.28. The van der Waals surface area contributed by atoms with E-state index in [-0.39, 0.29) is 17.0 Å². The molecule has 1 aromatic rings. The first kappa shape index (κ1) is 16.2. The molecule has 0 spiro atoms. The fraction of sp³-hybridized carbons (Fsp3) is 0.786. The monoisotopic (exact) mass is 313 g/mol. The molecule has 1 saturated heterocycles. The van der Waals surface area contributed by atoms with Crippen LogP contribution in [0.2, 0.25) is 5.28 Å². The molecule has 1 aliphatic heterocycles. The number of rotatable bonds is 4. The average molecular weight is 314 g/mol. The summed E-state index contributed by atoms with van der Waals surface area (Å²) in [6.07, 6.45) is 0.126. The predicted octanol–water partition coefficient (Wildman–Crippen LogP) is 2.37. The Morgan fingerprint density at radius 2 is 1.95 bits per heavy atom. The zero-order valence-electron chi connectivity index (χ0n) is 13.4. The number of morpholine rings is 1. The summed E-state index contributed by atoms with van der Waals surface area (Å²) in [7, 11) is 0. The lowest BCUT2D eigenvalue weighted by Crippen LogP contribution is -2.52. The lowest BCUT2D eigenvalue weighted by atomic mass is 10.1. The number of nitrogens with zero attached hydrogens (tertiary/aromatic N) is 5. The molecule has 0 bridgehead atoms. The molecule has 2 heterocycles. The number of hydrogen-bond acceptors (Lipinski definition) is 6. The van der Waals surface area contributed by atoms with Gasteiger partial charge in [-0.25, -0.2) is 0 Å². The molecule has 0 aromatic carbocycles.